The standard InChI is InChI=1S/C6H6O2SSe/c7-6(8)4-10-5-1-2-9-3-5/h1-3H,4H2,(H,7,8). The van der Waals surface area contributed by atoms with Gasteiger partial charge < -0.3 is 0 Å². The van der Waals surface area contributed by atoms with Crippen LogP contribution in [0.2, 0.25) is 5.32 Å². The van der Waals surface area contributed by atoms with Crippen LogP contribution in [0, 0.1) is 0 Å². The monoisotopic (exact) mass is 222 g/mol. The van der Waals surface area contributed by atoms with Crippen LogP contribution in [0.4, 0.5) is 0 Å². The predicted molar refractivity (Wildman–Crippen MR) is 42.1 cm³/mol. The van der Waals surface area contributed by atoms with Gasteiger partial charge in [-0.2, -0.15) is 0 Å². The first-order valence-corrected chi connectivity index (χ1v) is 5.67. The Morgan fingerprint density at radius 3 is 3.10 bits per heavy atom. The van der Waals surface area contributed by atoms with E-state index in [1.165, 1.54) is 4.46 Å². The van der Waals surface area contributed by atoms with Crippen molar-refractivity contribution in [1.29, 1.82) is 0 Å². The third-order valence-electron chi connectivity index (χ3n) is 0.857. The van der Waals surface area contributed by atoms with E-state index in [0.717, 1.165) is 0 Å². The van der Waals surface area contributed by atoms with Crippen LogP contribution in [0.5, 0.6) is 0 Å². The van der Waals surface area contributed by atoms with Crippen LogP contribution in [-0.4, -0.2) is 26.0 Å². The predicted octanol–water partition coefficient (Wildman–Crippen LogP) is 0.581. The summed E-state index contributed by atoms with van der Waals surface area (Å²) in [5.74, 6) is -0.703. The van der Waals surface area contributed by atoms with E-state index in [9.17, 15) is 4.79 Å². The van der Waals surface area contributed by atoms with E-state index in [4.69, 9.17) is 5.11 Å². The molecule has 1 rings (SSSR count). The van der Waals surface area contributed by atoms with Gasteiger partial charge in [-0.25, -0.2) is 0 Å². The molecule has 0 bridgehead atoms. The van der Waals surface area contributed by atoms with Crippen LogP contribution >= 0.6 is 11.3 Å². The van der Waals surface area contributed by atoms with Crippen LogP contribution in [0.3, 0.4) is 0 Å². The van der Waals surface area contributed by atoms with Crippen molar-refractivity contribution in [2.45, 2.75) is 5.32 Å². The van der Waals surface area contributed by atoms with Crippen molar-refractivity contribution >= 4 is 36.7 Å². The van der Waals surface area contributed by atoms with Crippen molar-refractivity contribution in [1.82, 2.24) is 0 Å². The number of hydrogen-bond donors (Lipinski definition) is 1. The molecule has 54 valence electrons. The SMILES string of the molecule is O=C(O)C[Se]c1ccsc1. The van der Waals surface area contributed by atoms with E-state index in [0.29, 0.717) is 5.32 Å². The van der Waals surface area contributed by atoms with Gasteiger partial charge in [0, 0.05) is 0 Å². The van der Waals surface area contributed by atoms with E-state index in [1.807, 2.05) is 16.8 Å². The first-order chi connectivity index (χ1) is 4.79. The Morgan fingerprint density at radius 1 is 1.80 bits per heavy atom. The number of aliphatic carboxylic acids is 1. The number of hydrogen-bond acceptors (Lipinski definition) is 2. The number of thiophene rings is 1. The molecule has 0 aliphatic carbocycles. The average Bonchev–Trinajstić information content (AvgIpc) is 2.34. The second kappa shape index (κ2) is 3.76. The molecule has 4 heteroatoms. The summed E-state index contributed by atoms with van der Waals surface area (Å²) in [6.45, 7) is 0. The number of rotatable bonds is 3. The zero-order chi connectivity index (χ0) is 7.40. The van der Waals surface area contributed by atoms with Crippen LogP contribution < -0.4 is 4.46 Å². The molecule has 0 radical (unpaired) electrons. The van der Waals surface area contributed by atoms with Crippen molar-refractivity contribution < 1.29 is 9.90 Å². The Hall–Kier alpha value is -0.311. The van der Waals surface area contributed by atoms with Crippen molar-refractivity contribution in [3.63, 3.8) is 0 Å². The van der Waals surface area contributed by atoms with Crippen molar-refractivity contribution in [3.05, 3.63) is 16.8 Å². The Kier molecular flexibility index (Phi) is 2.93. The quantitative estimate of drug-likeness (QED) is 0.758. The summed E-state index contributed by atoms with van der Waals surface area (Å²) in [6.07, 6.45) is 0. The molecule has 1 aromatic rings. The summed E-state index contributed by atoms with van der Waals surface area (Å²) < 4.78 is 1.18. The third kappa shape index (κ3) is 2.52. The molecule has 1 aromatic heterocycles. The summed E-state index contributed by atoms with van der Waals surface area (Å²) in [6, 6.07) is 1.98. The fraction of sp³-hybridized carbons (Fsp3) is 0.167. The van der Waals surface area contributed by atoms with Gasteiger partial charge in [0.25, 0.3) is 0 Å². The van der Waals surface area contributed by atoms with Crippen molar-refractivity contribution in [3.8, 4) is 0 Å². The van der Waals surface area contributed by atoms with E-state index < -0.39 is 5.97 Å². The first kappa shape index (κ1) is 7.79. The number of carboxylic acid groups (broad SMARTS) is 1. The molecule has 0 aliphatic heterocycles. The van der Waals surface area contributed by atoms with E-state index in [-0.39, 0.29) is 15.0 Å². The van der Waals surface area contributed by atoms with Gasteiger partial charge in [0.2, 0.25) is 0 Å². The van der Waals surface area contributed by atoms with Gasteiger partial charge in [-0.1, -0.05) is 0 Å². The second-order valence-electron chi connectivity index (χ2n) is 1.64. The van der Waals surface area contributed by atoms with Crippen LogP contribution in [0.15, 0.2) is 16.8 Å². The Morgan fingerprint density at radius 2 is 2.60 bits per heavy atom. The van der Waals surface area contributed by atoms with Crippen LogP contribution in [-0.2, 0) is 4.79 Å². The van der Waals surface area contributed by atoms with E-state index in [1.54, 1.807) is 11.3 Å². The minimum absolute atomic E-state index is 0.131. The van der Waals surface area contributed by atoms with Gasteiger partial charge in [0.15, 0.2) is 0 Å². The van der Waals surface area contributed by atoms with E-state index in [2.05, 4.69) is 0 Å². The summed E-state index contributed by atoms with van der Waals surface area (Å²) in [5, 5.41) is 12.6. The molecular weight excluding hydrogens is 215 g/mol. The summed E-state index contributed by atoms with van der Waals surface area (Å²) >= 11 is 1.74. The fourth-order valence-corrected chi connectivity index (χ4v) is 2.99. The molecule has 10 heavy (non-hydrogen) atoms. The number of carboxylic acids is 1. The molecule has 1 N–H and O–H groups in total. The fourth-order valence-electron chi connectivity index (χ4n) is 0.479. The zero-order valence-electron chi connectivity index (χ0n) is 5.11. The number of carbonyl (C=O) groups is 1. The maximum atomic E-state index is 10.1. The van der Waals surface area contributed by atoms with E-state index >= 15 is 0 Å². The van der Waals surface area contributed by atoms with Crippen LogP contribution in [0.25, 0.3) is 0 Å². The third-order valence-corrected chi connectivity index (χ3v) is 3.93. The van der Waals surface area contributed by atoms with Gasteiger partial charge >= 0.3 is 68.8 Å². The molecule has 2 nitrogen and oxygen atoms in total. The Labute approximate surface area is 69.0 Å². The van der Waals surface area contributed by atoms with Crippen molar-refractivity contribution in [2.75, 3.05) is 0 Å². The van der Waals surface area contributed by atoms with Gasteiger partial charge in [-0.3, -0.25) is 0 Å². The first-order valence-electron chi connectivity index (χ1n) is 2.66. The molecule has 0 atom stereocenters. The van der Waals surface area contributed by atoms with Crippen LogP contribution in [0.1, 0.15) is 0 Å². The molecule has 0 spiro atoms. The topological polar surface area (TPSA) is 37.3 Å². The molecule has 0 fully saturated rings. The molecule has 1 heterocycles. The van der Waals surface area contributed by atoms with Gasteiger partial charge in [0.05, 0.1) is 0 Å². The second-order valence-corrected chi connectivity index (χ2v) is 4.62. The maximum absolute atomic E-state index is 10.1. The molecule has 0 unspecified atom stereocenters. The molecule has 0 aliphatic rings. The molecule has 0 saturated heterocycles. The van der Waals surface area contributed by atoms with Gasteiger partial charge in [-0.15, -0.1) is 0 Å². The summed E-state index contributed by atoms with van der Waals surface area (Å²) in [4.78, 5) is 10.1. The van der Waals surface area contributed by atoms with Crippen molar-refractivity contribution in [2.24, 2.45) is 0 Å². The normalized spacial score (nSPS) is 9.60. The zero-order valence-corrected chi connectivity index (χ0v) is 7.64. The Bertz CT molecular complexity index is 208. The molecule has 0 saturated carbocycles. The summed E-state index contributed by atoms with van der Waals surface area (Å²) in [7, 11) is 0. The molecular formula is C6H6O2SSe. The Balaban J connectivity index is 2.35. The van der Waals surface area contributed by atoms with Gasteiger partial charge in [0.1, 0.15) is 0 Å². The average molecular weight is 221 g/mol. The minimum atomic E-state index is -0.703. The van der Waals surface area contributed by atoms with Gasteiger partial charge in [-0.05, 0) is 0 Å². The molecule has 0 aromatic carbocycles. The summed E-state index contributed by atoms with van der Waals surface area (Å²) in [5.41, 5.74) is 0. The molecule has 0 amide bonds.